The van der Waals surface area contributed by atoms with Crippen LogP contribution in [0.25, 0.3) is 0 Å². The highest BCUT2D eigenvalue weighted by atomic mass is 16.4. The van der Waals surface area contributed by atoms with Crippen molar-refractivity contribution in [2.45, 2.75) is 52.0 Å². The number of carboxylic acids is 1. The van der Waals surface area contributed by atoms with Crippen molar-refractivity contribution in [3.05, 3.63) is 24.2 Å². The molecule has 0 saturated carbocycles. The minimum absolute atomic E-state index is 0.195. The maximum absolute atomic E-state index is 11.8. The zero-order valence-corrected chi connectivity index (χ0v) is 12.5. The third kappa shape index (κ3) is 2.90. The summed E-state index contributed by atoms with van der Waals surface area (Å²) in [6.45, 7) is 5.78. The van der Waals surface area contributed by atoms with Gasteiger partial charge in [-0.15, -0.1) is 0 Å². The molecule has 4 nitrogen and oxygen atoms in total. The summed E-state index contributed by atoms with van der Waals surface area (Å²) in [4.78, 5) is 14.1. The van der Waals surface area contributed by atoms with E-state index in [0.29, 0.717) is 6.54 Å². The quantitative estimate of drug-likeness (QED) is 0.862. The lowest BCUT2D eigenvalue weighted by Gasteiger charge is -2.42. The van der Waals surface area contributed by atoms with Gasteiger partial charge in [-0.3, -0.25) is 9.69 Å². The van der Waals surface area contributed by atoms with Crippen molar-refractivity contribution in [1.82, 2.24) is 4.90 Å². The van der Waals surface area contributed by atoms with Gasteiger partial charge in [-0.1, -0.05) is 20.3 Å². The molecular formula is C16H25NO3. The Labute approximate surface area is 120 Å². The van der Waals surface area contributed by atoms with Crippen LogP contribution in [0.1, 0.15) is 57.8 Å². The van der Waals surface area contributed by atoms with Gasteiger partial charge in [0.25, 0.3) is 0 Å². The highest BCUT2D eigenvalue weighted by Gasteiger charge is 2.43. The van der Waals surface area contributed by atoms with E-state index in [1.807, 2.05) is 12.1 Å². The molecule has 1 N–H and O–H groups in total. The highest BCUT2D eigenvalue weighted by Crippen LogP contribution is 2.39. The molecule has 1 aliphatic rings. The topological polar surface area (TPSA) is 53.7 Å². The molecule has 20 heavy (non-hydrogen) atoms. The summed E-state index contributed by atoms with van der Waals surface area (Å²) in [6.07, 6.45) is 6.05. The van der Waals surface area contributed by atoms with Gasteiger partial charge in [0, 0.05) is 6.54 Å². The predicted molar refractivity (Wildman–Crippen MR) is 77.5 cm³/mol. The molecular weight excluding hydrogens is 254 g/mol. The molecule has 0 aromatic carbocycles. The van der Waals surface area contributed by atoms with Crippen LogP contribution in [-0.2, 0) is 4.79 Å². The summed E-state index contributed by atoms with van der Waals surface area (Å²) < 4.78 is 5.54. The molecule has 0 radical (unpaired) electrons. The average Bonchev–Trinajstić information content (AvgIpc) is 2.94. The Kier molecular flexibility index (Phi) is 4.86. The molecule has 1 aliphatic heterocycles. The molecule has 2 atom stereocenters. The summed E-state index contributed by atoms with van der Waals surface area (Å²) in [6, 6.07) is 4.09. The first-order valence-electron chi connectivity index (χ1n) is 7.64. The number of piperidine rings is 1. The maximum atomic E-state index is 11.8. The van der Waals surface area contributed by atoms with E-state index in [2.05, 4.69) is 18.7 Å². The lowest BCUT2D eigenvalue weighted by Crippen LogP contribution is -2.48. The number of carbonyl (C=O) groups is 1. The van der Waals surface area contributed by atoms with Crippen LogP contribution < -0.4 is 0 Å². The Hall–Kier alpha value is -1.29. The molecule has 112 valence electrons. The molecule has 0 bridgehead atoms. The summed E-state index contributed by atoms with van der Waals surface area (Å²) in [5.41, 5.74) is -0.576. The van der Waals surface area contributed by atoms with Crippen molar-refractivity contribution >= 4 is 5.97 Å². The van der Waals surface area contributed by atoms with E-state index in [-0.39, 0.29) is 6.04 Å². The van der Waals surface area contributed by atoms with Gasteiger partial charge in [0.2, 0.25) is 0 Å². The summed E-state index contributed by atoms with van der Waals surface area (Å²) in [7, 11) is 0. The second kappa shape index (κ2) is 6.44. The third-order valence-electron chi connectivity index (χ3n) is 4.49. The van der Waals surface area contributed by atoms with E-state index in [1.54, 1.807) is 6.26 Å². The van der Waals surface area contributed by atoms with Crippen LogP contribution in [0.5, 0.6) is 0 Å². The van der Waals surface area contributed by atoms with Crippen LogP contribution in [0.2, 0.25) is 0 Å². The molecule has 4 heteroatoms. The lowest BCUT2D eigenvalue weighted by atomic mass is 9.76. The molecule has 1 saturated heterocycles. The van der Waals surface area contributed by atoms with Crippen molar-refractivity contribution in [3.8, 4) is 0 Å². The fourth-order valence-electron chi connectivity index (χ4n) is 3.52. The molecule has 1 fully saturated rings. The number of carboxylic acid groups (broad SMARTS) is 1. The number of furan rings is 1. The fraction of sp³-hybridized carbons (Fsp3) is 0.688. The van der Waals surface area contributed by atoms with Crippen LogP contribution in [0, 0.1) is 5.41 Å². The number of hydrogen-bond donors (Lipinski definition) is 1. The molecule has 2 rings (SSSR count). The Bertz CT molecular complexity index is 425. The normalized spacial score (nSPS) is 25.5. The van der Waals surface area contributed by atoms with Gasteiger partial charge in [-0.25, -0.2) is 0 Å². The standard InChI is InChI=1S/C16H25NO3/c1-3-8-16(15(18)19)9-6-10-17(12-16)13(4-2)14-7-5-11-20-14/h5,7,11,13H,3-4,6,8-10,12H2,1-2H3,(H,18,19). The Morgan fingerprint density at radius 3 is 2.90 bits per heavy atom. The van der Waals surface area contributed by atoms with Crippen molar-refractivity contribution in [2.24, 2.45) is 5.41 Å². The van der Waals surface area contributed by atoms with E-state index < -0.39 is 11.4 Å². The number of rotatable bonds is 6. The smallest absolute Gasteiger partial charge is 0.310 e. The molecule has 1 aromatic heterocycles. The average molecular weight is 279 g/mol. The van der Waals surface area contributed by atoms with Crippen LogP contribution in [0.3, 0.4) is 0 Å². The monoisotopic (exact) mass is 279 g/mol. The predicted octanol–water partition coefficient (Wildman–Crippen LogP) is 3.70. The first kappa shape index (κ1) is 15.1. The zero-order chi connectivity index (χ0) is 14.6. The SMILES string of the molecule is CCCC1(C(=O)O)CCCN(C(CC)c2ccco2)C1. The second-order valence-corrected chi connectivity index (χ2v) is 5.85. The Balaban J connectivity index is 2.18. The number of nitrogens with zero attached hydrogens (tertiary/aromatic N) is 1. The lowest BCUT2D eigenvalue weighted by molar-refractivity contribution is -0.154. The van der Waals surface area contributed by atoms with Gasteiger partial charge in [0.15, 0.2) is 0 Å². The van der Waals surface area contributed by atoms with E-state index in [1.165, 1.54) is 0 Å². The van der Waals surface area contributed by atoms with E-state index in [4.69, 9.17) is 4.42 Å². The van der Waals surface area contributed by atoms with Crippen molar-refractivity contribution in [3.63, 3.8) is 0 Å². The molecule has 0 spiro atoms. The number of hydrogen-bond acceptors (Lipinski definition) is 3. The van der Waals surface area contributed by atoms with Crippen molar-refractivity contribution < 1.29 is 14.3 Å². The fourth-order valence-corrected chi connectivity index (χ4v) is 3.52. The number of likely N-dealkylation sites (tertiary alicyclic amines) is 1. The first-order chi connectivity index (χ1) is 9.63. The van der Waals surface area contributed by atoms with E-state index in [0.717, 1.165) is 44.4 Å². The molecule has 2 unspecified atom stereocenters. The van der Waals surface area contributed by atoms with Crippen LogP contribution in [-0.4, -0.2) is 29.1 Å². The van der Waals surface area contributed by atoms with E-state index in [9.17, 15) is 9.90 Å². The second-order valence-electron chi connectivity index (χ2n) is 5.85. The summed E-state index contributed by atoms with van der Waals surface area (Å²) >= 11 is 0. The largest absolute Gasteiger partial charge is 0.481 e. The minimum Gasteiger partial charge on any atom is -0.481 e. The first-order valence-corrected chi connectivity index (χ1v) is 7.64. The van der Waals surface area contributed by atoms with E-state index >= 15 is 0 Å². The third-order valence-corrected chi connectivity index (χ3v) is 4.49. The number of aliphatic carboxylic acids is 1. The van der Waals surface area contributed by atoms with Gasteiger partial charge in [-0.05, 0) is 44.4 Å². The zero-order valence-electron chi connectivity index (χ0n) is 12.5. The van der Waals surface area contributed by atoms with Gasteiger partial charge in [-0.2, -0.15) is 0 Å². The summed E-state index contributed by atoms with van der Waals surface area (Å²) in [5, 5.41) is 9.67. The Morgan fingerprint density at radius 2 is 2.35 bits per heavy atom. The van der Waals surface area contributed by atoms with Gasteiger partial charge in [0.1, 0.15) is 5.76 Å². The highest BCUT2D eigenvalue weighted by molar-refractivity contribution is 5.75. The Morgan fingerprint density at radius 1 is 1.55 bits per heavy atom. The maximum Gasteiger partial charge on any atom is 0.310 e. The molecule has 2 heterocycles. The van der Waals surface area contributed by atoms with Gasteiger partial charge in [0.05, 0.1) is 17.7 Å². The molecule has 0 aliphatic carbocycles. The summed E-state index contributed by atoms with van der Waals surface area (Å²) in [5.74, 6) is 0.309. The van der Waals surface area contributed by atoms with Gasteiger partial charge >= 0.3 is 5.97 Å². The molecule has 1 aromatic rings. The van der Waals surface area contributed by atoms with Gasteiger partial charge < -0.3 is 9.52 Å². The van der Waals surface area contributed by atoms with Crippen LogP contribution >= 0.6 is 0 Å². The van der Waals surface area contributed by atoms with Crippen LogP contribution in [0.4, 0.5) is 0 Å². The molecule has 0 amide bonds. The van der Waals surface area contributed by atoms with Crippen molar-refractivity contribution in [1.29, 1.82) is 0 Å². The van der Waals surface area contributed by atoms with Crippen LogP contribution in [0.15, 0.2) is 22.8 Å². The van der Waals surface area contributed by atoms with Crippen molar-refractivity contribution in [2.75, 3.05) is 13.1 Å². The minimum atomic E-state index is -0.640.